The van der Waals surface area contributed by atoms with Crippen molar-refractivity contribution in [3.63, 3.8) is 0 Å². The topological polar surface area (TPSA) is 32.3 Å². The molecule has 0 aromatic heterocycles. The molecule has 0 fully saturated rings. The molecule has 1 aliphatic rings. The zero-order chi connectivity index (χ0) is 13.8. The predicted molar refractivity (Wildman–Crippen MR) is 86.4 cm³/mol. The average molecular weight is 283 g/mol. The third kappa shape index (κ3) is 2.99. The molecule has 0 radical (unpaired) electrons. The largest absolute Gasteiger partial charge is 0.506 e. The molecule has 0 unspecified atom stereocenters. The first-order valence-corrected chi connectivity index (χ1v) is 7.74. The molecule has 2 aromatic rings. The van der Waals surface area contributed by atoms with Gasteiger partial charge in [0.1, 0.15) is 5.75 Å². The summed E-state index contributed by atoms with van der Waals surface area (Å²) in [4.78, 5) is 1.35. The number of thioether (sulfide) groups is 1. The Labute approximate surface area is 123 Å². The van der Waals surface area contributed by atoms with Crippen molar-refractivity contribution in [2.75, 3.05) is 17.6 Å². The number of nitrogens with one attached hydrogen (secondary N) is 1. The molecule has 2 nitrogen and oxygen atoms in total. The van der Waals surface area contributed by atoms with Gasteiger partial charge in [-0.25, -0.2) is 0 Å². The number of anilines is 1. The van der Waals surface area contributed by atoms with Crippen molar-refractivity contribution in [2.45, 2.75) is 11.3 Å². The van der Waals surface area contributed by atoms with Crippen LogP contribution in [-0.2, 0) is 0 Å². The highest BCUT2D eigenvalue weighted by Gasteiger charge is 2.09. The van der Waals surface area contributed by atoms with Crippen LogP contribution in [0.2, 0.25) is 0 Å². The maximum Gasteiger partial charge on any atom is 0.138 e. The van der Waals surface area contributed by atoms with Gasteiger partial charge in [-0.15, -0.1) is 11.8 Å². The summed E-state index contributed by atoms with van der Waals surface area (Å²) in [5.41, 5.74) is 3.45. The fourth-order valence-electron chi connectivity index (χ4n) is 2.29. The van der Waals surface area contributed by atoms with E-state index in [-0.39, 0.29) is 0 Å². The molecule has 2 N–H and O–H groups in total. The number of rotatable bonds is 3. The molecule has 1 aliphatic heterocycles. The number of benzene rings is 2. The highest BCUT2D eigenvalue weighted by Crippen LogP contribution is 2.30. The molecule has 102 valence electrons. The smallest absolute Gasteiger partial charge is 0.138 e. The Morgan fingerprint density at radius 3 is 2.75 bits per heavy atom. The van der Waals surface area contributed by atoms with E-state index in [1.807, 2.05) is 30.0 Å². The zero-order valence-electron chi connectivity index (χ0n) is 11.2. The van der Waals surface area contributed by atoms with Gasteiger partial charge in [-0.3, -0.25) is 0 Å². The van der Waals surface area contributed by atoms with Crippen molar-refractivity contribution in [3.05, 3.63) is 59.7 Å². The van der Waals surface area contributed by atoms with Crippen molar-refractivity contribution in [1.82, 2.24) is 0 Å². The van der Waals surface area contributed by atoms with E-state index in [1.54, 1.807) is 6.07 Å². The number of hydrogen-bond donors (Lipinski definition) is 2. The normalized spacial score (nSPS) is 14.1. The standard InChI is InChI=1S/C17H17NOS/c19-16-7-3-2-6-15(16)18-12-13-9-10-20-17-8-4-1-5-14(17)11-13/h1-8,11,18-19H,9-10,12H2. The fraction of sp³-hybridized carbons (Fsp3) is 0.176. The third-order valence-corrected chi connectivity index (χ3v) is 4.46. The molecule has 0 amide bonds. The van der Waals surface area contributed by atoms with Crippen molar-refractivity contribution in [2.24, 2.45) is 0 Å². The second kappa shape index (κ2) is 6.06. The lowest BCUT2D eigenvalue weighted by Gasteiger charge is -2.10. The van der Waals surface area contributed by atoms with E-state index in [9.17, 15) is 5.11 Å². The summed E-state index contributed by atoms with van der Waals surface area (Å²) < 4.78 is 0. The van der Waals surface area contributed by atoms with Crippen LogP contribution in [0.25, 0.3) is 6.08 Å². The molecule has 3 rings (SSSR count). The van der Waals surface area contributed by atoms with Crippen LogP contribution in [0.4, 0.5) is 5.69 Å². The Bertz CT molecular complexity index is 636. The average Bonchev–Trinajstić information content (AvgIpc) is 2.68. The molecule has 3 heteroatoms. The van der Waals surface area contributed by atoms with Gasteiger partial charge in [0.2, 0.25) is 0 Å². The Hall–Kier alpha value is -1.87. The van der Waals surface area contributed by atoms with Crippen LogP contribution in [0.1, 0.15) is 12.0 Å². The minimum Gasteiger partial charge on any atom is -0.506 e. The van der Waals surface area contributed by atoms with E-state index >= 15 is 0 Å². The summed E-state index contributed by atoms with van der Waals surface area (Å²) in [7, 11) is 0. The van der Waals surface area contributed by atoms with Gasteiger partial charge in [-0.1, -0.05) is 36.4 Å². The van der Waals surface area contributed by atoms with Gasteiger partial charge >= 0.3 is 0 Å². The first-order chi connectivity index (χ1) is 9.83. The summed E-state index contributed by atoms with van der Waals surface area (Å²) in [6.45, 7) is 0.770. The van der Waals surface area contributed by atoms with Crippen LogP contribution >= 0.6 is 11.8 Å². The van der Waals surface area contributed by atoms with Crippen molar-refractivity contribution in [3.8, 4) is 5.75 Å². The van der Waals surface area contributed by atoms with E-state index in [0.717, 1.165) is 24.4 Å². The molecule has 0 saturated heterocycles. The minimum absolute atomic E-state index is 0.302. The van der Waals surface area contributed by atoms with E-state index in [4.69, 9.17) is 0 Å². The highest BCUT2D eigenvalue weighted by molar-refractivity contribution is 7.99. The molecule has 1 heterocycles. The molecule has 0 aliphatic carbocycles. The second-order valence-corrected chi connectivity index (χ2v) is 5.95. The van der Waals surface area contributed by atoms with Crippen LogP contribution in [0.3, 0.4) is 0 Å². The van der Waals surface area contributed by atoms with Gasteiger partial charge in [-0.2, -0.15) is 0 Å². The summed E-state index contributed by atoms with van der Waals surface area (Å²) in [5, 5.41) is 13.1. The van der Waals surface area contributed by atoms with Gasteiger partial charge in [0.05, 0.1) is 5.69 Å². The number of hydrogen-bond acceptors (Lipinski definition) is 3. The zero-order valence-corrected chi connectivity index (χ0v) is 12.0. The molecule has 20 heavy (non-hydrogen) atoms. The maximum atomic E-state index is 9.77. The molecule has 0 atom stereocenters. The van der Waals surface area contributed by atoms with Crippen molar-refractivity contribution < 1.29 is 5.11 Å². The summed E-state index contributed by atoms with van der Waals surface area (Å²) in [6, 6.07) is 15.9. The molecular weight excluding hydrogens is 266 g/mol. The lowest BCUT2D eigenvalue weighted by molar-refractivity contribution is 0.477. The molecule has 0 bridgehead atoms. The van der Waals surface area contributed by atoms with E-state index in [1.165, 1.54) is 16.0 Å². The van der Waals surface area contributed by atoms with E-state index in [0.29, 0.717) is 5.75 Å². The Morgan fingerprint density at radius 1 is 1.05 bits per heavy atom. The monoisotopic (exact) mass is 283 g/mol. The van der Waals surface area contributed by atoms with Gasteiger partial charge in [0.25, 0.3) is 0 Å². The Kier molecular flexibility index (Phi) is 3.97. The van der Waals surface area contributed by atoms with E-state index < -0.39 is 0 Å². The van der Waals surface area contributed by atoms with Gasteiger partial charge < -0.3 is 10.4 Å². The van der Waals surface area contributed by atoms with Crippen LogP contribution in [0.15, 0.2) is 59.0 Å². The number of aromatic hydroxyl groups is 1. The number of phenolic OH excluding ortho intramolecular Hbond substituents is 1. The van der Waals surface area contributed by atoms with Crippen LogP contribution < -0.4 is 5.32 Å². The lowest BCUT2D eigenvalue weighted by atomic mass is 10.1. The van der Waals surface area contributed by atoms with Gasteiger partial charge in [0, 0.05) is 17.2 Å². The number of phenols is 1. The quantitative estimate of drug-likeness (QED) is 0.820. The predicted octanol–water partition coefficient (Wildman–Crippen LogP) is 4.38. The maximum absolute atomic E-state index is 9.77. The summed E-state index contributed by atoms with van der Waals surface area (Å²) in [5.74, 6) is 1.40. The van der Waals surface area contributed by atoms with Gasteiger partial charge in [0.15, 0.2) is 0 Å². The SMILES string of the molecule is Oc1ccccc1NCC1=Cc2ccccc2SCC1. The van der Waals surface area contributed by atoms with Crippen LogP contribution in [0, 0.1) is 0 Å². The van der Waals surface area contributed by atoms with Crippen LogP contribution in [-0.4, -0.2) is 17.4 Å². The Balaban J connectivity index is 1.75. The first-order valence-electron chi connectivity index (χ1n) is 6.76. The molecule has 0 saturated carbocycles. The number of para-hydroxylation sites is 2. The third-order valence-electron chi connectivity index (χ3n) is 3.37. The van der Waals surface area contributed by atoms with Crippen LogP contribution in [0.5, 0.6) is 5.75 Å². The molecular formula is C17H17NOS. The van der Waals surface area contributed by atoms with Crippen molar-refractivity contribution in [1.29, 1.82) is 0 Å². The molecule has 2 aromatic carbocycles. The minimum atomic E-state index is 0.302. The second-order valence-electron chi connectivity index (χ2n) is 4.81. The number of fused-ring (bicyclic) bond motifs is 1. The Morgan fingerprint density at radius 2 is 1.85 bits per heavy atom. The van der Waals surface area contributed by atoms with E-state index in [2.05, 4.69) is 35.7 Å². The van der Waals surface area contributed by atoms with Crippen molar-refractivity contribution >= 4 is 23.5 Å². The van der Waals surface area contributed by atoms with Gasteiger partial charge in [-0.05, 0) is 35.8 Å². The highest BCUT2D eigenvalue weighted by atomic mass is 32.2. The molecule has 0 spiro atoms. The first kappa shape index (κ1) is 13.1. The summed E-state index contributed by atoms with van der Waals surface area (Å²) in [6.07, 6.45) is 3.34. The lowest BCUT2D eigenvalue weighted by Crippen LogP contribution is -2.05. The fourth-order valence-corrected chi connectivity index (χ4v) is 3.34. The summed E-state index contributed by atoms with van der Waals surface area (Å²) >= 11 is 1.91.